The first-order valence-electron chi connectivity index (χ1n) is 5.96. The third-order valence-corrected chi connectivity index (χ3v) is 2.97. The summed E-state index contributed by atoms with van der Waals surface area (Å²) in [6, 6.07) is 6.57. The molecule has 0 bridgehead atoms. The minimum absolute atomic E-state index is 0.0727. The van der Waals surface area contributed by atoms with Gasteiger partial charge in [0, 0.05) is 5.56 Å². The molecule has 0 aliphatic carbocycles. The zero-order chi connectivity index (χ0) is 16.5. The highest BCUT2D eigenvalue weighted by atomic mass is 19.4. The lowest BCUT2D eigenvalue weighted by atomic mass is 9.98. The number of carbonyl (C=O) groups excluding carboxylic acids is 1. The molecule has 116 valence electrons. The normalized spacial score (nSPS) is 12.3. The maximum absolute atomic E-state index is 12.8. The number of halogens is 6. The highest BCUT2D eigenvalue weighted by Crippen LogP contribution is 2.38. The van der Waals surface area contributed by atoms with E-state index in [1.165, 1.54) is 24.3 Å². The second kappa shape index (κ2) is 5.47. The van der Waals surface area contributed by atoms with Crippen molar-refractivity contribution in [1.82, 2.24) is 0 Å². The van der Waals surface area contributed by atoms with Gasteiger partial charge >= 0.3 is 12.4 Å². The number of benzene rings is 2. The Hall–Kier alpha value is -2.31. The summed E-state index contributed by atoms with van der Waals surface area (Å²) in [6.07, 6.45) is -9.26. The van der Waals surface area contributed by atoms with Crippen molar-refractivity contribution in [2.75, 3.05) is 0 Å². The van der Waals surface area contributed by atoms with Crippen LogP contribution in [0.25, 0.3) is 11.1 Å². The van der Waals surface area contributed by atoms with Gasteiger partial charge in [-0.1, -0.05) is 24.3 Å². The summed E-state index contributed by atoms with van der Waals surface area (Å²) in [7, 11) is 0. The lowest BCUT2D eigenvalue weighted by molar-refractivity contribution is -0.143. The van der Waals surface area contributed by atoms with E-state index < -0.39 is 23.5 Å². The van der Waals surface area contributed by atoms with E-state index in [9.17, 15) is 31.1 Å². The van der Waals surface area contributed by atoms with E-state index in [0.717, 1.165) is 0 Å². The molecular weight excluding hydrogens is 310 g/mol. The number of hydrogen-bond acceptors (Lipinski definition) is 1. The van der Waals surface area contributed by atoms with E-state index in [2.05, 4.69) is 0 Å². The Morgan fingerprint density at radius 1 is 0.682 bits per heavy atom. The fourth-order valence-electron chi connectivity index (χ4n) is 1.88. The van der Waals surface area contributed by atoms with E-state index in [1.807, 2.05) is 0 Å². The lowest BCUT2D eigenvalue weighted by Crippen LogP contribution is -2.11. The van der Waals surface area contributed by atoms with Gasteiger partial charge in [-0.05, 0) is 29.3 Å². The molecule has 2 aromatic rings. The molecule has 0 unspecified atom stereocenters. The summed E-state index contributed by atoms with van der Waals surface area (Å²) in [5.41, 5.74) is -2.55. The maximum atomic E-state index is 12.8. The monoisotopic (exact) mass is 318 g/mol. The van der Waals surface area contributed by atoms with Crippen LogP contribution in [0.2, 0.25) is 0 Å². The summed E-state index contributed by atoms with van der Waals surface area (Å²) in [6.45, 7) is 0. The van der Waals surface area contributed by atoms with Crippen LogP contribution >= 0.6 is 0 Å². The number of rotatable bonds is 2. The quantitative estimate of drug-likeness (QED) is 0.549. The van der Waals surface area contributed by atoms with Crippen molar-refractivity contribution in [1.29, 1.82) is 0 Å². The second-order valence-corrected chi connectivity index (χ2v) is 4.53. The highest BCUT2D eigenvalue weighted by molar-refractivity contribution is 5.77. The Bertz CT molecular complexity index is 650. The number of alkyl halides is 6. The van der Waals surface area contributed by atoms with Gasteiger partial charge in [-0.25, -0.2) is 0 Å². The number of aldehydes is 1. The highest BCUT2D eigenvalue weighted by Gasteiger charge is 2.36. The van der Waals surface area contributed by atoms with Crippen LogP contribution in [0.5, 0.6) is 0 Å². The van der Waals surface area contributed by atoms with Gasteiger partial charge in [-0.2, -0.15) is 26.3 Å². The molecule has 0 N–H and O–H groups in total. The van der Waals surface area contributed by atoms with Crippen LogP contribution in [-0.2, 0) is 12.4 Å². The van der Waals surface area contributed by atoms with Gasteiger partial charge in [0.2, 0.25) is 0 Å². The molecule has 0 saturated carbocycles. The summed E-state index contributed by atoms with van der Waals surface area (Å²) < 4.78 is 76.5. The minimum atomic E-state index is -4.89. The molecule has 0 saturated heterocycles. The first-order chi connectivity index (χ1) is 10.1. The van der Waals surface area contributed by atoms with Crippen molar-refractivity contribution in [3.05, 3.63) is 59.2 Å². The van der Waals surface area contributed by atoms with Crippen LogP contribution in [0.15, 0.2) is 42.5 Å². The molecule has 0 radical (unpaired) electrons. The molecule has 0 spiro atoms. The van der Waals surface area contributed by atoms with E-state index in [4.69, 9.17) is 0 Å². The fourth-order valence-corrected chi connectivity index (χ4v) is 1.88. The van der Waals surface area contributed by atoms with Crippen LogP contribution in [0, 0.1) is 0 Å². The zero-order valence-electron chi connectivity index (χ0n) is 10.8. The molecule has 0 fully saturated rings. The van der Waals surface area contributed by atoms with Gasteiger partial charge in [0.1, 0.15) is 6.29 Å². The average molecular weight is 318 g/mol. The molecule has 0 aliphatic heterocycles. The first kappa shape index (κ1) is 16.1. The van der Waals surface area contributed by atoms with Gasteiger partial charge in [-0.15, -0.1) is 0 Å². The predicted molar refractivity (Wildman–Crippen MR) is 67.3 cm³/mol. The van der Waals surface area contributed by atoms with Gasteiger partial charge < -0.3 is 0 Å². The minimum Gasteiger partial charge on any atom is -0.298 e. The molecule has 0 atom stereocenters. The van der Waals surface area contributed by atoms with Crippen molar-refractivity contribution in [3.63, 3.8) is 0 Å². The number of carbonyl (C=O) groups is 1. The summed E-state index contributed by atoms with van der Waals surface area (Å²) in [4.78, 5) is 10.5. The van der Waals surface area contributed by atoms with Crippen molar-refractivity contribution < 1.29 is 31.1 Å². The van der Waals surface area contributed by atoms with Crippen LogP contribution in [0.3, 0.4) is 0 Å². The second-order valence-electron chi connectivity index (χ2n) is 4.53. The molecule has 0 heterocycles. The molecule has 22 heavy (non-hydrogen) atoms. The third kappa shape index (κ3) is 3.47. The molecule has 2 aromatic carbocycles. The average Bonchev–Trinajstić information content (AvgIpc) is 2.45. The molecule has 1 nitrogen and oxygen atoms in total. The van der Waals surface area contributed by atoms with E-state index in [0.29, 0.717) is 18.4 Å². The zero-order valence-corrected chi connectivity index (χ0v) is 10.8. The van der Waals surface area contributed by atoms with Crippen molar-refractivity contribution in [2.45, 2.75) is 12.4 Å². The Morgan fingerprint density at radius 3 is 1.50 bits per heavy atom. The van der Waals surface area contributed by atoms with Crippen molar-refractivity contribution in [2.24, 2.45) is 0 Å². The van der Waals surface area contributed by atoms with Crippen molar-refractivity contribution >= 4 is 6.29 Å². The Labute approximate surface area is 121 Å². The molecule has 7 heteroatoms. The van der Waals surface area contributed by atoms with Crippen LogP contribution in [-0.4, -0.2) is 6.29 Å². The third-order valence-electron chi connectivity index (χ3n) is 2.97. The lowest BCUT2D eigenvalue weighted by Gasteiger charge is -2.14. The van der Waals surface area contributed by atoms with Crippen LogP contribution in [0.1, 0.15) is 21.5 Å². The Balaban J connectivity index is 2.61. The van der Waals surface area contributed by atoms with Gasteiger partial charge in [-0.3, -0.25) is 4.79 Å². The first-order valence-corrected chi connectivity index (χ1v) is 5.96. The standard InChI is InChI=1S/C15H8F6O/c16-14(17,18)12-5-11(6-13(7-12)15(19,20)21)10-3-1-9(8-22)2-4-10/h1-8H. The smallest absolute Gasteiger partial charge is 0.298 e. The fraction of sp³-hybridized carbons (Fsp3) is 0.133. The van der Waals surface area contributed by atoms with Crippen molar-refractivity contribution in [3.8, 4) is 11.1 Å². The van der Waals surface area contributed by atoms with E-state index in [-0.39, 0.29) is 22.8 Å². The molecule has 2 rings (SSSR count). The molecule has 0 amide bonds. The van der Waals surface area contributed by atoms with Gasteiger partial charge in [0.05, 0.1) is 11.1 Å². The van der Waals surface area contributed by atoms with Crippen LogP contribution < -0.4 is 0 Å². The predicted octanol–water partition coefficient (Wildman–Crippen LogP) is 5.20. The maximum Gasteiger partial charge on any atom is 0.416 e. The van der Waals surface area contributed by atoms with E-state index in [1.54, 1.807) is 0 Å². The summed E-state index contributed by atoms with van der Waals surface area (Å²) in [5, 5.41) is 0. The SMILES string of the molecule is O=Cc1ccc(-c2cc(C(F)(F)F)cc(C(F)(F)F)c2)cc1. The summed E-state index contributed by atoms with van der Waals surface area (Å²) in [5.74, 6) is 0. The number of hydrogen-bond donors (Lipinski definition) is 0. The van der Waals surface area contributed by atoms with Gasteiger partial charge in [0.25, 0.3) is 0 Å². The Morgan fingerprint density at radius 2 is 1.14 bits per heavy atom. The topological polar surface area (TPSA) is 17.1 Å². The van der Waals surface area contributed by atoms with E-state index >= 15 is 0 Å². The molecule has 0 aromatic heterocycles. The van der Waals surface area contributed by atoms with Gasteiger partial charge in [0.15, 0.2) is 0 Å². The summed E-state index contributed by atoms with van der Waals surface area (Å²) >= 11 is 0. The largest absolute Gasteiger partial charge is 0.416 e. The Kier molecular flexibility index (Phi) is 4.00. The molecular formula is C15H8F6O. The van der Waals surface area contributed by atoms with Crippen LogP contribution in [0.4, 0.5) is 26.3 Å². The molecule has 0 aliphatic rings.